The van der Waals surface area contributed by atoms with Crippen LogP contribution in [0.3, 0.4) is 0 Å². The topological polar surface area (TPSA) is 104 Å². The molecular formula is C12H15N5O3. The van der Waals surface area contributed by atoms with Crippen molar-refractivity contribution in [3.05, 3.63) is 35.0 Å². The number of H-pyrrole nitrogens is 1. The predicted octanol–water partition coefficient (Wildman–Crippen LogP) is 1.24. The minimum atomic E-state index is -1.17. The molecule has 0 aromatic carbocycles. The zero-order chi connectivity index (χ0) is 14.5. The van der Waals surface area contributed by atoms with E-state index in [9.17, 15) is 9.59 Å². The lowest BCUT2D eigenvalue weighted by molar-refractivity contribution is 0.201. The number of anilines is 1. The number of unbranched alkanes of at least 4 members (excludes halogenated alkanes) is 1. The highest BCUT2D eigenvalue weighted by Gasteiger charge is 2.18. The molecule has 2 N–H and O–H groups in total. The lowest BCUT2D eigenvalue weighted by atomic mass is 10.3. The van der Waals surface area contributed by atoms with Crippen molar-refractivity contribution in [3.8, 4) is 5.95 Å². The molecule has 8 heteroatoms. The number of amides is 1. The molecular weight excluding hydrogens is 262 g/mol. The van der Waals surface area contributed by atoms with Crippen LogP contribution in [-0.4, -0.2) is 37.5 Å². The van der Waals surface area contributed by atoms with Gasteiger partial charge in [-0.15, -0.1) is 0 Å². The minimum absolute atomic E-state index is 0.0156. The average molecular weight is 277 g/mol. The molecule has 0 saturated heterocycles. The van der Waals surface area contributed by atoms with E-state index in [1.54, 1.807) is 18.5 Å². The van der Waals surface area contributed by atoms with E-state index in [4.69, 9.17) is 5.11 Å². The van der Waals surface area contributed by atoms with Gasteiger partial charge in [0.25, 0.3) is 5.56 Å². The molecule has 0 aliphatic rings. The standard InChI is InChI=1S/C12H15N5O3/c1-2-3-6-16(12(19)20)9-8-13-11(15-10(9)18)17-7-4-5-14-17/h4-5,7-8H,2-3,6H2,1H3,(H,19,20)(H,13,15,18). The third-order valence-electron chi connectivity index (χ3n) is 2.75. The molecule has 20 heavy (non-hydrogen) atoms. The number of aromatic nitrogens is 4. The molecule has 8 nitrogen and oxygen atoms in total. The van der Waals surface area contributed by atoms with Crippen molar-refractivity contribution < 1.29 is 9.90 Å². The van der Waals surface area contributed by atoms with Crippen molar-refractivity contribution in [2.24, 2.45) is 0 Å². The Kier molecular flexibility index (Phi) is 4.14. The molecule has 1 amide bonds. The number of nitrogens with zero attached hydrogens (tertiary/aromatic N) is 4. The molecule has 0 unspecified atom stereocenters. The summed E-state index contributed by atoms with van der Waals surface area (Å²) in [7, 11) is 0. The molecule has 2 rings (SSSR count). The number of aromatic amines is 1. The number of rotatable bonds is 5. The number of hydrogen-bond donors (Lipinski definition) is 2. The first kappa shape index (κ1) is 13.8. The van der Waals surface area contributed by atoms with Gasteiger partial charge in [-0.05, 0) is 12.5 Å². The fraction of sp³-hybridized carbons (Fsp3) is 0.333. The van der Waals surface area contributed by atoms with E-state index in [-0.39, 0.29) is 18.2 Å². The summed E-state index contributed by atoms with van der Waals surface area (Å²) in [5, 5.41) is 13.1. The van der Waals surface area contributed by atoms with Crippen molar-refractivity contribution in [2.45, 2.75) is 19.8 Å². The van der Waals surface area contributed by atoms with E-state index in [1.807, 2.05) is 6.92 Å². The predicted molar refractivity (Wildman–Crippen MR) is 72.3 cm³/mol. The monoisotopic (exact) mass is 277 g/mol. The zero-order valence-corrected chi connectivity index (χ0v) is 11.0. The van der Waals surface area contributed by atoms with Crippen LogP contribution in [0, 0.1) is 0 Å². The van der Waals surface area contributed by atoms with E-state index in [1.165, 1.54) is 10.9 Å². The second-order valence-electron chi connectivity index (χ2n) is 4.16. The van der Waals surface area contributed by atoms with Crippen LogP contribution in [0.15, 0.2) is 29.5 Å². The van der Waals surface area contributed by atoms with Crippen LogP contribution in [0.4, 0.5) is 10.5 Å². The smallest absolute Gasteiger partial charge is 0.412 e. The molecule has 0 radical (unpaired) electrons. The minimum Gasteiger partial charge on any atom is -0.465 e. The highest BCUT2D eigenvalue weighted by Crippen LogP contribution is 2.09. The second-order valence-corrected chi connectivity index (χ2v) is 4.16. The summed E-state index contributed by atoms with van der Waals surface area (Å²) in [4.78, 5) is 30.8. The summed E-state index contributed by atoms with van der Waals surface area (Å²) >= 11 is 0. The van der Waals surface area contributed by atoms with E-state index in [0.29, 0.717) is 6.42 Å². The Bertz CT molecular complexity index is 635. The molecule has 0 aliphatic heterocycles. The first-order valence-electron chi connectivity index (χ1n) is 6.23. The van der Waals surface area contributed by atoms with Crippen LogP contribution in [0.2, 0.25) is 0 Å². The Morgan fingerprint density at radius 3 is 2.90 bits per heavy atom. The molecule has 0 bridgehead atoms. The molecule has 0 spiro atoms. The van der Waals surface area contributed by atoms with Gasteiger partial charge < -0.3 is 5.11 Å². The van der Waals surface area contributed by atoms with E-state index >= 15 is 0 Å². The number of carboxylic acid groups (broad SMARTS) is 1. The highest BCUT2D eigenvalue weighted by molar-refractivity contribution is 5.85. The molecule has 2 heterocycles. The maximum absolute atomic E-state index is 12.0. The van der Waals surface area contributed by atoms with E-state index in [0.717, 1.165) is 11.3 Å². The van der Waals surface area contributed by atoms with Gasteiger partial charge in [-0.25, -0.2) is 14.5 Å². The van der Waals surface area contributed by atoms with Gasteiger partial charge >= 0.3 is 6.09 Å². The Labute approximate surface area is 114 Å². The Hall–Kier alpha value is -2.64. The molecule has 0 aliphatic carbocycles. The van der Waals surface area contributed by atoms with Crippen LogP contribution >= 0.6 is 0 Å². The van der Waals surface area contributed by atoms with Crippen molar-refractivity contribution in [3.63, 3.8) is 0 Å². The maximum Gasteiger partial charge on any atom is 0.412 e. The number of carbonyl (C=O) groups is 1. The van der Waals surface area contributed by atoms with Gasteiger partial charge in [0.05, 0.1) is 6.20 Å². The number of nitrogens with one attached hydrogen (secondary N) is 1. The van der Waals surface area contributed by atoms with Crippen molar-refractivity contribution in [2.75, 3.05) is 11.4 Å². The Morgan fingerprint density at radius 1 is 1.55 bits per heavy atom. The fourth-order valence-corrected chi connectivity index (χ4v) is 1.72. The zero-order valence-electron chi connectivity index (χ0n) is 11.0. The molecule has 0 saturated carbocycles. The summed E-state index contributed by atoms with van der Waals surface area (Å²) < 4.78 is 1.39. The summed E-state index contributed by atoms with van der Waals surface area (Å²) in [6.45, 7) is 2.21. The normalized spacial score (nSPS) is 10.4. The van der Waals surface area contributed by atoms with Crippen LogP contribution in [-0.2, 0) is 0 Å². The highest BCUT2D eigenvalue weighted by atomic mass is 16.4. The van der Waals surface area contributed by atoms with Crippen LogP contribution < -0.4 is 10.5 Å². The first-order chi connectivity index (χ1) is 9.63. The lowest BCUT2D eigenvalue weighted by Gasteiger charge is -2.17. The van der Waals surface area contributed by atoms with Crippen molar-refractivity contribution in [1.29, 1.82) is 0 Å². The van der Waals surface area contributed by atoms with Crippen molar-refractivity contribution >= 4 is 11.8 Å². The molecule has 0 fully saturated rings. The van der Waals surface area contributed by atoms with E-state index in [2.05, 4.69) is 15.1 Å². The van der Waals surface area contributed by atoms with Gasteiger partial charge in [0, 0.05) is 18.9 Å². The lowest BCUT2D eigenvalue weighted by Crippen LogP contribution is -2.35. The van der Waals surface area contributed by atoms with Crippen LogP contribution in [0.1, 0.15) is 19.8 Å². The first-order valence-corrected chi connectivity index (χ1v) is 6.23. The summed E-state index contributed by atoms with van der Waals surface area (Å²) in [6.07, 6.45) is 4.77. The summed E-state index contributed by atoms with van der Waals surface area (Å²) in [5.74, 6) is 0.240. The Balaban J connectivity index is 2.33. The van der Waals surface area contributed by atoms with Gasteiger partial charge in [0.2, 0.25) is 5.95 Å². The van der Waals surface area contributed by atoms with Gasteiger partial charge in [0.1, 0.15) is 5.69 Å². The van der Waals surface area contributed by atoms with Crippen LogP contribution in [0.25, 0.3) is 5.95 Å². The van der Waals surface area contributed by atoms with Gasteiger partial charge in [-0.1, -0.05) is 13.3 Å². The third kappa shape index (κ3) is 2.85. The molecule has 106 valence electrons. The van der Waals surface area contributed by atoms with Gasteiger partial charge in [0.15, 0.2) is 0 Å². The largest absolute Gasteiger partial charge is 0.465 e. The molecule has 0 atom stereocenters. The number of hydrogen-bond acceptors (Lipinski definition) is 4. The fourth-order valence-electron chi connectivity index (χ4n) is 1.72. The van der Waals surface area contributed by atoms with Crippen LogP contribution in [0.5, 0.6) is 0 Å². The van der Waals surface area contributed by atoms with E-state index < -0.39 is 11.7 Å². The third-order valence-corrected chi connectivity index (χ3v) is 2.75. The molecule has 2 aromatic heterocycles. The summed E-state index contributed by atoms with van der Waals surface area (Å²) in [5.41, 5.74) is -0.495. The Morgan fingerprint density at radius 2 is 2.35 bits per heavy atom. The van der Waals surface area contributed by atoms with Gasteiger partial charge in [-0.3, -0.25) is 14.7 Å². The maximum atomic E-state index is 12.0. The SMILES string of the molecule is CCCCN(C(=O)O)c1cnc(-n2cccn2)[nH]c1=O. The summed E-state index contributed by atoms with van der Waals surface area (Å²) in [6, 6.07) is 1.69. The van der Waals surface area contributed by atoms with Gasteiger partial charge in [-0.2, -0.15) is 5.10 Å². The quantitative estimate of drug-likeness (QED) is 0.855. The molecule has 2 aromatic rings. The second kappa shape index (κ2) is 6.00. The van der Waals surface area contributed by atoms with Crippen molar-refractivity contribution in [1.82, 2.24) is 19.7 Å². The average Bonchev–Trinajstić information content (AvgIpc) is 2.94.